The molecule has 0 spiro atoms. The van der Waals surface area contributed by atoms with E-state index in [1.165, 1.54) is 0 Å². The van der Waals surface area contributed by atoms with Gasteiger partial charge in [0.15, 0.2) is 0 Å². The molecule has 106 valence electrons. The van der Waals surface area contributed by atoms with Crippen molar-refractivity contribution in [1.82, 2.24) is 5.32 Å². The summed E-state index contributed by atoms with van der Waals surface area (Å²) in [5.41, 5.74) is 0.610. The number of carbonyl (C=O) groups is 1. The Labute approximate surface area is 114 Å². The molecule has 0 aliphatic rings. The Morgan fingerprint density at radius 3 is 2.26 bits per heavy atom. The van der Waals surface area contributed by atoms with Crippen LogP contribution in [-0.4, -0.2) is 26.6 Å². The van der Waals surface area contributed by atoms with E-state index in [0.29, 0.717) is 17.2 Å². The molecule has 0 aliphatic carbocycles. The van der Waals surface area contributed by atoms with Crippen LogP contribution in [0.15, 0.2) is 24.3 Å². The van der Waals surface area contributed by atoms with Crippen molar-refractivity contribution in [3.05, 3.63) is 29.8 Å². The van der Waals surface area contributed by atoms with Crippen LogP contribution in [0.5, 0.6) is 0 Å². The topological polar surface area (TPSA) is 75.3 Å². The zero-order chi connectivity index (χ0) is 14.6. The van der Waals surface area contributed by atoms with E-state index in [-0.39, 0.29) is 11.9 Å². The van der Waals surface area contributed by atoms with Gasteiger partial charge in [-0.2, -0.15) is 0 Å². The molecule has 1 amide bonds. The second-order valence-electron chi connectivity index (χ2n) is 4.93. The Kier molecular flexibility index (Phi) is 4.94. The Bertz CT molecular complexity index is 553. The van der Waals surface area contributed by atoms with Gasteiger partial charge in [0, 0.05) is 6.04 Å². The number of hydrogen-bond donors (Lipinski definition) is 2. The van der Waals surface area contributed by atoms with Crippen LogP contribution < -0.4 is 10.0 Å². The van der Waals surface area contributed by atoms with Crippen molar-refractivity contribution in [3.8, 4) is 0 Å². The SMILES string of the molecule is CC(C)[C@@H](C)NC(=O)c1ccccc1NS(C)(=O)=O. The van der Waals surface area contributed by atoms with Gasteiger partial charge < -0.3 is 5.32 Å². The molecule has 1 rings (SSSR count). The summed E-state index contributed by atoms with van der Waals surface area (Å²) in [4.78, 5) is 12.1. The van der Waals surface area contributed by atoms with Crippen LogP contribution in [0.25, 0.3) is 0 Å². The molecule has 0 bridgehead atoms. The van der Waals surface area contributed by atoms with Crippen LogP contribution in [-0.2, 0) is 10.0 Å². The number of para-hydroxylation sites is 1. The van der Waals surface area contributed by atoms with Crippen molar-refractivity contribution in [2.45, 2.75) is 26.8 Å². The number of hydrogen-bond acceptors (Lipinski definition) is 3. The molecule has 0 unspecified atom stereocenters. The van der Waals surface area contributed by atoms with Crippen molar-refractivity contribution >= 4 is 21.6 Å². The van der Waals surface area contributed by atoms with Crippen LogP contribution >= 0.6 is 0 Å². The summed E-state index contributed by atoms with van der Waals surface area (Å²) in [5, 5.41) is 2.85. The average Bonchev–Trinajstić information content (AvgIpc) is 2.27. The van der Waals surface area contributed by atoms with E-state index >= 15 is 0 Å². The van der Waals surface area contributed by atoms with Gasteiger partial charge in [0.05, 0.1) is 17.5 Å². The van der Waals surface area contributed by atoms with E-state index < -0.39 is 10.0 Å². The maximum atomic E-state index is 12.1. The van der Waals surface area contributed by atoms with E-state index in [4.69, 9.17) is 0 Å². The third-order valence-corrected chi connectivity index (χ3v) is 3.42. The fourth-order valence-electron chi connectivity index (χ4n) is 1.42. The zero-order valence-electron chi connectivity index (χ0n) is 11.6. The standard InChI is InChI=1S/C13H20N2O3S/c1-9(2)10(3)14-13(16)11-7-5-6-8-12(11)15-19(4,17)18/h5-10,15H,1-4H3,(H,14,16)/t10-/m1/s1. The van der Waals surface area contributed by atoms with E-state index in [2.05, 4.69) is 10.0 Å². The predicted octanol–water partition coefficient (Wildman–Crippen LogP) is 1.83. The summed E-state index contributed by atoms with van der Waals surface area (Å²) < 4.78 is 24.9. The fraction of sp³-hybridized carbons (Fsp3) is 0.462. The molecule has 0 saturated heterocycles. The summed E-state index contributed by atoms with van der Waals surface area (Å²) >= 11 is 0. The summed E-state index contributed by atoms with van der Waals surface area (Å²) in [6, 6.07) is 6.54. The Balaban J connectivity index is 2.97. The van der Waals surface area contributed by atoms with Crippen molar-refractivity contribution in [2.24, 2.45) is 5.92 Å². The van der Waals surface area contributed by atoms with E-state index in [9.17, 15) is 13.2 Å². The lowest BCUT2D eigenvalue weighted by atomic mass is 10.1. The molecular formula is C13H20N2O3S. The van der Waals surface area contributed by atoms with E-state index in [1.807, 2.05) is 20.8 Å². The zero-order valence-corrected chi connectivity index (χ0v) is 12.4. The molecule has 0 fully saturated rings. The lowest BCUT2D eigenvalue weighted by Crippen LogP contribution is -2.36. The molecule has 2 N–H and O–H groups in total. The molecule has 6 heteroatoms. The highest BCUT2D eigenvalue weighted by Gasteiger charge is 2.16. The van der Waals surface area contributed by atoms with E-state index in [0.717, 1.165) is 6.26 Å². The van der Waals surface area contributed by atoms with Gasteiger partial charge in [0.2, 0.25) is 10.0 Å². The minimum atomic E-state index is -3.41. The number of benzene rings is 1. The minimum absolute atomic E-state index is 0.0128. The minimum Gasteiger partial charge on any atom is -0.349 e. The quantitative estimate of drug-likeness (QED) is 0.866. The van der Waals surface area contributed by atoms with Crippen LogP contribution in [0.3, 0.4) is 0 Å². The highest BCUT2D eigenvalue weighted by molar-refractivity contribution is 7.92. The monoisotopic (exact) mass is 284 g/mol. The summed E-state index contributed by atoms with van der Waals surface area (Å²) in [7, 11) is -3.41. The smallest absolute Gasteiger partial charge is 0.253 e. The lowest BCUT2D eigenvalue weighted by molar-refractivity contribution is 0.0931. The Hall–Kier alpha value is -1.56. The van der Waals surface area contributed by atoms with Gasteiger partial charge in [0.1, 0.15) is 0 Å². The summed E-state index contributed by atoms with van der Waals surface area (Å²) in [6.45, 7) is 5.92. The van der Waals surface area contributed by atoms with E-state index in [1.54, 1.807) is 24.3 Å². The third-order valence-electron chi connectivity index (χ3n) is 2.83. The molecule has 0 aromatic heterocycles. The van der Waals surface area contributed by atoms with Crippen molar-refractivity contribution in [3.63, 3.8) is 0 Å². The van der Waals surface area contributed by atoms with Gasteiger partial charge in [-0.1, -0.05) is 26.0 Å². The highest BCUT2D eigenvalue weighted by Crippen LogP contribution is 2.16. The average molecular weight is 284 g/mol. The third kappa shape index (κ3) is 4.90. The number of anilines is 1. The molecule has 0 aliphatic heterocycles. The van der Waals surface area contributed by atoms with Gasteiger partial charge in [-0.05, 0) is 25.0 Å². The molecule has 5 nitrogen and oxygen atoms in total. The molecule has 1 aromatic carbocycles. The van der Waals surface area contributed by atoms with Crippen LogP contribution in [0.1, 0.15) is 31.1 Å². The van der Waals surface area contributed by atoms with Gasteiger partial charge >= 0.3 is 0 Å². The first-order valence-corrected chi connectivity index (χ1v) is 7.97. The predicted molar refractivity (Wildman–Crippen MR) is 76.7 cm³/mol. The first-order chi connectivity index (χ1) is 8.70. The maximum absolute atomic E-state index is 12.1. The number of rotatable bonds is 5. The van der Waals surface area contributed by atoms with Crippen LogP contribution in [0, 0.1) is 5.92 Å². The summed E-state index contributed by atoms with van der Waals surface area (Å²) in [6.07, 6.45) is 1.05. The fourth-order valence-corrected chi connectivity index (χ4v) is 2.00. The van der Waals surface area contributed by atoms with Crippen LogP contribution in [0.4, 0.5) is 5.69 Å². The van der Waals surface area contributed by atoms with Crippen molar-refractivity contribution in [1.29, 1.82) is 0 Å². The highest BCUT2D eigenvalue weighted by atomic mass is 32.2. The maximum Gasteiger partial charge on any atom is 0.253 e. The summed E-state index contributed by atoms with van der Waals surface area (Å²) in [5.74, 6) is 0.0203. The number of carbonyl (C=O) groups excluding carboxylic acids is 1. The molecular weight excluding hydrogens is 264 g/mol. The first kappa shape index (κ1) is 15.5. The van der Waals surface area contributed by atoms with Gasteiger partial charge in [0.25, 0.3) is 5.91 Å². The normalized spacial score (nSPS) is 13.1. The second kappa shape index (κ2) is 6.06. The van der Waals surface area contributed by atoms with Gasteiger partial charge in [-0.15, -0.1) is 0 Å². The molecule has 1 atom stereocenters. The first-order valence-electron chi connectivity index (χ1n) is 6.08. The number of nitrogens with one attached hydrogen (secondary N) is 2. The number of sulfonamides is 1. The van der Waals surface area contributed by atoms with Gasteiger partial charge in [-0.25, -0.2) is 8.42 Å². The lowest BCUT2D eigenvalue weighted by Gasteiger charge is -2.18. The molecule has 1 aromatic rings. The van der Waals surface area contributed by atoms with Crippen molar-refractivity contribution < 1.29 is 13.2 Å². The molecule has 0 heterocycles. The Morgan fingerprint density at radius 2 is 1.74 bits per heavy atom. The Morgan fingerprint density at radius 1 is 1.16 bits per heavy atom. The van der Waals surface area contributed by atoms with Crippen LogP contribution in [0.2, 0.25) is 0 Å². The molecule has 0 radical (unpaired) electrons. The largest absolute Gasteiger partial charge is 0.349 e. The van der Waals surface area contributed by atoms with Crippen molar-refractivity contribution in [2.75, 3.05) is 11.0 Å². The molecule has 0 saturated carbocycles. The number of amides is 1. The van der Waals surface area contributed by atoms with Gasteiger partial charge in [-0.3, -0.25) is 9.52 Å². The molecule has 19 heavy (non-hydrogen) atoms. The second-order valence-corrected chi connectivity index (χ2v) is 6.67.